The molecule has 0 spiro atoms. The van der Waals surface area contributed by atoms with Gasteiger partial charge in [0, 0.05) is 18.5 Å². The summed E-state index contributed by atoms with van der Waals surface area (Å²) in [6, 6.07) is 2.02. The molecule has 1 atom stereocenters. The van der Waals surface area contributed by atoms with E-state index in [2.05, 4.69) is 9.97 Å². The van der Waals surface area contributed by atoms with Crippen molar-refractivity contribution in [2.24, 2.45) is 0 Å². The third-order valence-corrected chi connectivity index (χ3v) is 5.20. The predicted molar refractivity (Wildman–Crippen MR) is 78.5 cm³/mol. The van der Waals surface area contributed by atoms with E-state index in [9.17, 15) is 4.79 Å². The Morgan fingerprint density at radius 2 is 2.21 bits per heavy atom. The Bertz CT molecular complexity index is 592. The predicted octanol–water partition coefficient (Wildman–Crippen LogP) is 2.79. The molecule has 0 unspecified atom stereocenters. The Kier molecular flexibility index (Phi) is 3.70. The lowest BCUT2D eigenvalue weighted by Gasteiger charge is -2.19. The van der Waals surface area contributed by atoms with Crippen LogP contribution in [-0.4, -0.2) is 39.1 Å². The fraction of sp³-hybridized carbons (Fsp3) is 0.462. The highest BCUT2D eigenvalue weighted by Crippen LogP contribution is 2.31. The average Bonchev–Trinajstić information content (AvgIpc) is 3.09. The quantitative estimate of drug-likeness (QED) is 0.645. The van der Waals surface area contributed by atoms with Crippen LogP contribution in [-0.2, 0) is 4.79 Å². The number of fused-ring (bicyclic) bond motifs is 1. The molecule has 4 nitrogen and oxygen atoms in total. The van der Waals surface area contributed by atoms with E-state index in [1.54, 1.807) is 17.7 Å². The molecule has 0 bridgehead atoms. The minimum absolute atomic E-state index is 0.0869. The zero-order chi connectivity index (χ0) is 13.2. The van der Waals surface area contributed by atoms with Gasteiger partial charge in [0.05, 0.1) is 5.25 Å². The van der Waals surface area contributed by atoms with Gasteiger partial charge in [0.2, 0.25) is 5.91 Å². The number of hydrogen-bond acceptors (Lipinski definition) is 5. The van der Waals surface area contributed by atoms with Gasteiger partial charge in [-0.05, 0) is 31.2 Å². The third-order valence-electron chi connectivity index (χ3n) is 3.28. The van der Waals surface area contributed by atoms with E-state index in [1.165, 1.54) is 11.8 Å². The molecule has 0 aromatic carbocycles. The highest BCUT2D eigenvalue weighted by molar-refractivity contribution is 8.00. The van der Waals surface area contributed by atoms with Crippen LogP contribution in [0.1, 0.15) is 19.8 Å². The van der Waals surface area contributed by atoms with E-state index in [4.69, 9.17) is 0 Å². The summed E-state index contributed by atoms with van der Waals surface area (Å²) in [5, 5.41) is 3.89. The molecule has 6 heteroatoms. The van der Waals surface area contributed by atoms with Crippen LogP contribution in [0.4, 0.5) is 0 Å². The van der Waals surface area contributed by atoms with E-state index >= 15 is 0 Å². The number of thioether (sulfide) groups is 1. The van der Waals surface area contributed by atoms with Gasteiger partial charge in [-0.25, -0.2) is 9.97 Å². The van der Waals surface area contributed by atoms with E-state index < -0.39 is 0 Å². The maximum atomic E-state index is 12.3. The second-order valence-corrected chi connectivity index (χ2v) is 6.83. The Morgan fingerprint density at radius 1 is 1.42 bits per heavy atom. The molecule has 1 fully saturated rings. The Labute approximate surface area is 120 Å². The molecule has 3 rings (SSSR count). The second kappa shape index (κ2) is 5.46. The Morgan fingerprint density at radius 3 is 3.00 bits per heavy atom. The van der Waals surface area contributed by atoms with E-state index in [0.29, 0.717) is 0 Å². The van der Waals surface area contributed by atoms with Gasteiger partial charge in [0.1, 0.15) is 16.2 Å². The maximum Gasteiger partial charge on any atom is 0.235 e. The molecule has 1 aliphatic rings. The molecule has 2 aromatic heterocycles. The van der Waals surface area contributed by atoms with Gasteiger partial charge in [-0.2, -0.15) is 0 Å². The normalized spacial score (nSPS) is 17.0. The first-order valence-corrected chi connectivity index (χ1v) is 8.15. The number of likely N-dealkylation sites (tertiary alicyclic amines) is 1. The summed E-state index contributed by atoms with van der Waals surface area (Å²) >= 11 is 3.14. The summed E-state index contributed by atoms with van der Waals surface area (Å²) in [4.78, 5) is 23.8. The number of aromatic nitrogens is 2. The summed E-state index contributed by atoms with van der Waals surface area (Å²) in [5.41, 5.74) is 0. The van der Waals surface area contributed by atoms with Crippen molar-refractivity contribution in [3.8, 4) is 0 Å². The van der Waals surface area contributed by atoms with Gasteiger partial charge >= 0.3 is 0 Å². The lowest BCUT2D eigenvalue weighted by molar-refractivity contribution is -0.129. The molecule has 1 aliphatic heterocycles. The Balaban J connectivity index is 1.76. The van der Waals surface area contributed by atoms with Crippen molar-refractivity contribution in [3.63, 3.8) is 0 Å². The van der Waals surface area contributed by atoms with Crippen LogP contribution < -0.4 is 0 Å². The minimum Gasteiger partial charge on any atom is -0.342 e. The van der Waals surface area contributed by atoms with Crippen LogP contribution in [0.3, 0.4) is 0 Å². The minimum atomic E-state index is -0.0869. The molecular weight excluding hydrogens is 278 g/mol. The molecule has 19 heavy (non-hydrogen) atoms. The smallest absolute Gasteiger partial charge is 0.235 e. The van der Waals surface area contributed by atoms with Gasteiger partial charge in [-0.1, -0.05) is 11.8 Å². The molecular formula is C13H15N3OS2. The van der Waals surface area contributed by atoms with Crippen molar-refractivity contribution in [2.45, 2.75) is 30.0 Å². The fourth-order valence-corrected chi connectivity index (χ4v) is 4.06. The van der Waals surface area contributed by atoms with Gasteiger partial charge in [-0.15, -0.1) is 11.3 Å². The van der Waals surface area contributed by atoms with Crippen LogP contribution in [0.25, 0.3) is 10.2 Å². The van der Waals surface area contributed by atoms with Crippen molar-refractivity contribution in [2.75, 3.05) is 13.1 Å². The van der Waals surface area contributed by atoms with E-state index in [0.717, 1.165) is 41.2 Å². The zero-order valence-corrected chi connectivity index (χ0v) is 12.3. The maximum absolute atomic E-state index is 12.3. The largest absolute Gasteiger partial charge is 0.342 e. The topological polar surface area (TPSA) is 46.1 Å². The van der Waals surface area contributed by atoms with Gasteiger partial charge in [0.15, 0.2) is 0 Å². The summed E-state index contributed by atoms with van der Waals surface area (Å²) in [7, 11) is 0. The Hall–Kier alpha value is -1.14. The van der Waals surface area contributed by atoms with Crippen molar-refractivity contribution in [3.05, 3.63) is 17.8 Å². The van der Waals surface area contributed by atoms with Crippen LogP contribution >= 0.6 is 23.1 Å². The number of hydrogen-bond donors (Lipinski definition) is 0. The van der Waals surface area contributed by atoms with Crippen molar-refractivity contribution in [1.29, 1.82) is 0 Å². The second-order valence-electron chi connectivity index (χ2n) is 4.61. The van der Waals surface area contributed by atoms with Crippen molar-refractivity contribution in [1.82, 2.24) is 14.9 Å². The van der Waals surface area contributed by atoms with Crippen LogP contribution in [0.2, 0.25) is 0 Å². The van der Waals surface area contributed by atoms with E-state index in [-0.39, 0.29) is 11.2 Å². The lowest BCUT2D eigenvalue weighted by atomic mass is 10.4. The molecule has 100 valence electrons. The van der Waals surface area contributed by atoms with Crippen LogP contribution in [0.5, 0.6) is 0 Å². The van der Waals surface area contributed by atoms with E-state index in [1.807, 2.05) is 23.3 Å². The number of carbonyl (C=O) groups is 1. The van der Waals surface area contributed by atoms with Crippen LogP contribution in [0.15, 0.2) is 22.8 Å². The summed E-state index contributed by atoms with van der Waals surface area (Å²) in [5.74, 6) is 0.226. The molecule has 0 aliphatic carbocycles. The number of carbonyl (C=O) groups excluding carboxylic acids is 1. The molecule has 2 aromatic rings. The first kappa shape index (κ1) is 12.9. The molecule has 1 saturated heterocycles. The number of nitrogens with zero attached hydrogens (tertiary/aromatic N) is 3. The average molecular weight is 293 g/mol. The van der Waals surface area contributed by atoms with Crippen molar-refractivity contribution >= 4 is 39.2 Å². The highest BCUT2D eigenvalue weighted by Gasteiger charge is 2.24. The molecule has 3 heterocycles. The number of thiophene rings is 1. The van der Waals surface area contributed by atoms with Gasteiger partial charge < -0.3 is 4.90 Å². The summed E-state index contributed by atoms with van der Waals surface area (Å²) in [6.45, 7) is 3.77. The van der Waals surface area contributed by atoms with Crippen molar-refractivity contribution < 1.29 is 4.79 Å². The first-order chi connectivity index (χ1) is 9.25. The zero-order valence-electron chi connectivity index (χ0n) is 10.7. The fourth-order valence-electron chi connectivity index (χ4n) is 2.27. The molecule has 0 N–H and O–H groups in total. The standard InChI is InChI=1S/C13H15N3OS2/c1-9(13(17)16-5-2-3-6-16)19-12-10-4-7-18-11(10)14-8-15-12/h4,7-9H,2-3,5-6H2,1H3/t9-/m1/s1. The number of rotatable bonds is 3. The SMILES string of the molecule is C[C@@H](Sc1ncnc2sccc12)C(=O)N1CCCC1. The third kappa shape index (κ3) is 2.60. The number of amides is 1. The summed E-state index contributed by atoms with van der Waals surface area (Å²) < 4.78 is 0. The van der Waals surface area contributed by atoms with Gasteiger partial charge in [0.25, 0.3) is 0 Å². The first-order valence-electron chi connectivity index (χ1n) is 6.39. The molecule has 0 saturated carbocycles. The highest BCUT2D eigenvalue weighted by atomic mass is 32.2. The van der Waals surface area contributed by atoms with Crippen LogP contribution in [0, 0.1) is 0 Å². The summed E-state index contributed by atoms with van der Waals surface area (Å²) in [6.07, 6.45) is 3.84. The molecule has 1 amide bonds. The van der Waals surface area contributed by atoms with Gasteiger partial charge in [-0.3, -0.25) is 4.79 Å². The molecule has 0 radical (unpaired) electrons. The lowest BCUT2D eigenvalue weighted by Crippen LogP contribution is -2.34. The monoisotopic (exact) mass is 293 g/mol.